The van der Waals surface area contributed by atoms with Crippen LogP contribution in [0.25, 0.3) is 0 Å². The minimum absolute atomic E-state index is 0.0740. The number of aliphatic hydroxyl groups excluding tert-OH is 1. The Kier molecular flexibility index (Phi) is 5.79. The molecule has 2 rings (SSSR count). The summed E-state index contributed by atoms with van der Waals surface area (Å²) < 4.78 is 17.9. The molecule has 2 fully saturated rings. The summed E-state index contributed by atoms with van der Waals surface area (Å²) in [5.74, 6) is -1.68. The van der Waals surface area contributed by atoms with Gasteiger partial charge in [0.25, 0.3) is 0 Å². The number of hydrogen-bond donors (Lipinski definition) is 2. The lowest BCUT2D eigenvalue weighted by Gasteiger charge is -2.49. The Morgan fingerprint density at radius 2 is 1.61 bits per heavy atom. The van der Waals surface area contributed by atoms with Crippen LogP contribution in [0.3, 0.4) is 0 Å². The van der Waals surface area contributed by atoms with Crippen LogP contribution in [0.1, 0.15) is 66.2 Å². The molecule has 0 aromatic heterocycles. The zero-order valence-corrected chi connectivity index (χ0v) is 15.2. The fourth-order valence-electron chi connectivity index (χ4n) is 2.95. The third-order valence-corrected chi connectivity index (χ3v) is 5.85. The highest BCUT2D eigenvalue weighted by Gasteiger charge is 2.49. The molecule has 1 saturated carbocycles. The first kappa shape index (κ1) is 19.1. The molecular weight excluding hydrogens is 296 g/mol. The molecule has 2 aliphatic rings. The Bertz CT molecular complexity index is 369. The summed E-state index contributed by atoms with van der Waals surface area (Å²) in [6.45, 7) is 10.1. The molecular formula is C18H34O5. The van der Waals surface area contributed by atoms with Crippen LogP contribution in [-0.2, 0) is 14.2 Å². The van der Waals surface area contributed by atoms with Crippen molar-refractivity contribution in [2.24, 2.45) is 10.8 Å². The molecule has 0 atom stereocenters. The highest BCUT2D eigenvalue weighted by Crippen LogP contribution is 2.44. The molecule has 136 valence electrons. The van der Waals surface area contributed by atoms with E-state index in [1.54, 1.807) is 0 Å². The van der Waals surface area contributed by atoms with Gasteiger partial charge >= 0.3 is 0 Å². The first-order valence-electron chi connectivity index (χ1n) is 8.97. The van der Waals surface area contributed by atoms with Crippen molar-refractivity contribution < 1.29 is 24.4 Å². The molecule has 0 bridgehead atoms. The van der Waals surface area contributed by atoms with Gasteiger partial charge in [0.2, 0.25) is 0 Å². The number of hydrogen-bond acceptors (Lipinski definition) is 5. The second-order valence-electron chi connectivity index (χ2n) is 8.25. The van der Waals surface area contributed by atoms with E-state index < -0.39 is 11.6 Å². The van der Waals surface area contributed by atoms with Gasteiger partial charge in [-0.05, 0) is 18.3 Å². The van der Waals surface area contributed by atoms with Crippen LogP contribution in [0.2, 0.25) is 0 Å². The second-order valence-corrected chi connectivity index (χ2v) is 8.25. The number of rotatable bonds is 6. The summed E-state index contributed by atoms with van der Waals surface area (Å²) in [4.78, 5) is 0. The average Bonchev–Trinajstić information content (AvgIpc) is 2.58. The maximum Gasteiger partial charge on any atom is 0.168 e. The quantitative estimate of drug-likeness (QED) is 0.733. The van der Waals surface area contributed by atoms with Crippen molar-refractivity contribution >= 4 is 0 Å². The Balaban J connectivity index is 1.86. The van der Waals surface area contributed by atoms with Crippen LogP contribution in [0, 0.1) is 10.8 Å². The highest BCUT2D eigenvalue weighted by molar-refractivity contribution is 4.90. The predicted molar refractivity (Wildman–Crippen MR) is 87.9 cm³/mol. The van der Waals surface area contributed by atoms with Crippen molar-refractivity contribution in [1.29, 1.82) is 0 Å². The van der Waals surface area contributed by atoms with Gasteiger partial charge in [0.05, 0.1) is 26.4 Å². The van der Waals surface area contributed by atoms with E-state index in [-0.39, 0.29) is 17.4 Å². The van der Waals surface area contributed by atoms with Gasteiger partial charge in [0.1, 0.15) is 0 Å². The molecule has 5 nitrogen and oxygen atoms in total. The van der Waals surface area contributed by atoms with Crippen molar-refractivity contribution in [3.05, 3.63) is 0 Å². The molecule has 1 spiro atoms. The molecule has 0 radical (unpaired) electrons. The normalized spacial score (nSPS) is 38.9. The molecule has 0 aromatic rings. The van der Waals surface area contributed by atoms with Gasteiger partial charge in [-0.2, -0.15) is 0 Å². The van der Waals surface area contributed by atoms with Gasteiger partial charge in [0, 0.05) is 31.1 Å². The fourth-order valence-corrected chi connectivity index (χ4v) is 2.95. The van der Waals surface area contributed by atoms with E-state index in [1.807, 2.05) is 6.92 Å². The third-order valence-electron chi connectivity index (χ3n) is 5.85. The van der Waals surface area contributed by atoms with Gasteiger partial charge < -0.3 is 24.4 Å². The molecule has 1 aliphatic carbocycles. The third kappa shape index (κ3) is 4.45. The van der Waals surface area contributed by atoms with Gasteiger partial charge in [-0.25, -0.2) is 0 Å². The summed E-state index contributed by atoms with van der Waals surface area (Å²) >= 11 is 0. The first-order valence-corrected chi connectivity index (χ1v) is 8.97. The van der Waals surface area contributed by atoms with Crippen LogP contribution in [0.4, 0.5) is 0 Å². The standard InChI is InChI=1S/C18H34O5/c1-5-15(3,4)12-21-17(20)7-9-18(10-8-17)22-13-16(6-2,11-19)14-23-18/h19-20H,5-14H2,1-4H3. The van der Waals surface area contributed by atoms with E-state index >= 15 is 0 Å². The van der Waals surface area contributed by atoms with Crippen molar-refractivity contribution in [2.75, 3.05) is 26.4 Å². The molecule has 5 heteroatoms. The molecule has 1 saturated heterocycles. The predicted octanol–water partition coefficient (Wildman–Crippen LogP) is 2.83. The monoisotopic (exact) mass is 330 g/mol. The van der Waals surface area contributed by atoms with Crippen LogP contribution in [0.5, 0.6) is 0 Å². The lowest BCUT2D eigenvalue weighted by Crippen LogP contribution is -2.55. The van der Waals surface area contributed by atoms with Crippen molar-refractivity contribution in [3.63, 3.8) is 0 Å². The van der Waals surface area contributed by atoms with E-state index in [2.05, 4.69) is 20.8 Å². The van der Waals surface area contributed by atoms with Crippen molar-refractivity contribution in [1.82, 2.24) is 0 Å². The number of aliphatic hydroxyl groups is 2. The summed E-state index contributed by atoms with van der Waals surface area (Å²) in [6.07, 6.45) is 4.14. The maximum absolute atomic E-state index is 10.7. The van der Waals surface area contributed by atoms with Gasteiger partial charge in [-0.1, -0.05) is 27.7 Å². The molecule has 2 N–H and O–H groups in total. The van der Waals surface area contributed by atoms with Crippen LogP contribution in [0.15, 0.2) is 0 Å². The minimum Gasteiger partial charge on any atom is -0.396 e. The smallest absolute Gasteiger partial charge is 0.168 e. The van der Waals surface area contributed by atoms with Gasteiger partial charge in [-0.15, -0.1) is 0 Å². The fraction of sp³-hybridized carbons (Fsp3) is 1.00. The summed E-state index contributed by atoms with van der Waals surface area (Å²) in [5.41, 5.74) is -0.203. The van der Waals surface area contributed by atoms with E-state index in [0.29, 0.717) is 45.5 Å². The molecule has 0 unspecified atom stereocenters. The lowest BCUT2D eigenvalue weighted by molar-refractivity contribution is -0.347. The Morgan fingerprint density at radius 1 is 1.04 bits per heavy atom. The molecule has 1 aliphatic heterocycles. The summed E-state index contributed by atoms with van der Waals surface area (Å²) in [5, 5.41) is 20.2. The Hall–Kier alpha value is -0.200. The van der Waals surface area contributed by atoms with Crippen molar-refractivity contribution in [3.8, 4) is 0 Å². The minimum atomic E-state index is -1.07. The Morgan fingerprint density at radius 3 is 2.04 bits per heavy atom. The highest BCUT2D eigenvalue weighted by atomic mass is 16.7. The van der Waals surface area contributed by atoms with Crippen LogP contribution in [-0.4, -0.2) is 48.2 Å². The van der Waals surface area contributed by atoms with Crippen molar-refractivity contribution in [2.45, 2.75) is 77.8 Å². The van der Waals surface area contributed by atoms with E-state index in [9.17, 15) is 10.2 Å². The van der Waals surface area contributed by atoms with Crippen LogP contribution >= 0.6 is 0 Å². The van der Waals surface area contributed by atoms with Gasteiger partial charge in [-0.3, -0.25) is 0 Å². The van der Waals surface area contributed by atoms with E-state index in [4.69, 9.17) is 14.2 Å². The maximum atomic E-state index is 10.7. The zero-order chi connectivity index (χ0) is 17.2. The molecule has 1 heterocycles. The first-order chi connectivity index (χ1) is 10.7. The lowest BCUT2D eigenvalue weighted by atomic mass is 9.83. The van der Waals surface area contributed by atoms with Gasteiger partial charge in [0.15, 0.2) is 11.6 Å². The topological polar surface area (TPSA) is 68.2 Å². The molecule has 0 aromatic carbocycles. The number of ether oxygens (including phenoxy) is 3. The average molecular weight is 330 g/mol. The second kappa shape index (κ2) is 6.96. The summed E-state index contributed by atoms with van der Waals surface area (Å²) in [7, 11) is 0. The van der Waals surface area contributed by atoms with E-state index in [1.165, 1.54) is 0 Å². The summed E-state index contributed by atoms with van der Waals surface area (Å²) in [6, 6.07) is 0. The Labute approximate surface area is 140 Å². The largest absolute Gasteiger partial charge is 0.396 e. The molecule has 0 amide bonds. The molecule has 23 heavy (non-hydrogen) atoms. The zero-order valence-electron chi connectivity index (χ0n) is 15.2. The van der Waals surface area contributed by atoms with Crippen LogP contribution < -0.4 is 0 Å². The van der Waals surface area contributed by atoms with E-state index in [0.717, 1.165) is 12.8 Å². The SMILES string of the molecule is CCC(C)(C)COC1(O)CCC2(CC1)OCC(CC)(CO)CO2.